The van der Waals surface area contributed by atoms with Crippen LogP contribution in [0.15, 0.2) is 53.4 Å². The average molecular weight is 346 g/mol. The molecule has 0 fully saturated rings. The summed E-state index contributed by atoms with van der Waals surface area (Å²) in [6, 6.07) is 12.7. The van der Waals surface area contributed by atoms with Gasteiger partial charge >= 0.3 is 0 Å². The molecule has 1 amide bonds. The van der Waals surface area contributed by atoms with Gasteiger partial charge in [-0.3, -0.25) is 9.59 Å². The second kappa shape index (κ2) is 7.37. The summed E-state index contributed by atoms with van der Waals surface area (Å²) in [6.07, 6.45) is 0. The van der Waals surface area contributed by atoms with Gasteiger partial charge in [-0.05, 0) is 36.8 Å². The van der Waals surface area contributed by atoms with Crippen LogP contribution in [-0.4, -0.2) is 20.1 Å². The average Bonchev–Trinajstić information content (AvgIpc) is 2.54. The van der Waals surface area contributed by atoms with Crippen molar-refractivity contribution >= 4 is 27.4 Å². The molecule has 7 heteroatoms. The number of hydrogen-bond donors (Lipinski definition) is 2. The molecule has 0 aromatic heterocycles. The first-order valence-corrected chi connectivity index (χ1v) is 8.73. The van der Waals surface area contributed by atoms with Crippen LogP contribution < -0.4 is 10.0 Å². The standard InChI is InChI=1S/C17H18N2O4S/c1-12(20)15-4-3-5-17(10-15)24(22,23)18-11-14-6-8-16(9-7-14)19-13(2)21/h3-10,18H,11H2,1-2H3,(H,19,21). The van der Waals surface area contributed by atoms with Crippen molar-refractivity contribution in [1.29, 1.82) is 0 Å². The topological polar surface area (TPSA) is 92.3 Å². The fourth-order valence-corrected chi connectivity index (χ4v) is 3.12. The molecule has 0 heterocycles. The number of carbonyl (C=O) groups is 2. The van der Waals surface area contributed by atoms with Crippen molar-refractivity contribution in [3.63, 3.8) is 0 Å². The van der Waals surface area contributed by atoms with Crippen molar-refractivity contribution < 1.29 is 18.0 Å². The third kappa shape index (κ3) is 4.74. The molecule has 0 aliphatic heterocycles. The second-order valence-electron chi connectivity index (χ2n) is 5.29. The molecule has 0 unspecified atom stereocenters. The molecule has 0 aliphatic rings. The van der Waals surface area contributed by atoms with Crippen molar-refractivity contribution in [3.05, 3.63) is 59.7 Å². The molecule has 2 aromatic rings. The van der Waals surface area contributed by atoms with Gasteiger partial charge in [-0.2, -0.15) is 0 Å². The Morgan fingerprint density at radius 1 is 1.00 bits per heavy atom. The Morgan fingerprint density at radius 2 is 1.67 bits per heavy atom. The van der Waals surface area contributed by atoms with Crippen LogP contribution in [-0.2, 0) is 21.4 Å². The van der Waals surface area contributed by atoms with Crippen LogP contribution in [0.4, 0.5) is 5.69 Å². The highest BCUT2D eigenvalue weighted by Gasteiger charge is 2.15. The van der Waals surface area contributed by atoms with Crippen LogP contribution in [0, 0.1) is 0 Å². The Kier molecular flexibility index (Phi) is 5.48. The van der Waals surface area contributed by atoms with Gasteiger partial charge in [-0.1, -0.05) is 24.3 Å². The lowest BCUT2D eigenvalue weighted by Crippen LogP contribution is -2.23. The van der Waals surface area contributed by atoms with Gasteiger partial charge in [0.2, 0.25) is 15.9 Å². The van der Waals surface area contributed by atoms with Gasteiger partial charge in [0.1, 0.15) is 0 Å². The number of hydrogen-bond acceptors (Lipinski definition) is 4. The Morgan fingerprint density at radius 3 is 2.25 bits per heavy atom. The molecule has 0 saturated carbocycles. The minimum absolute atomic E-state index is 0.0464. The molecule has 0 aliphatic carbocycles. The minimum atomic E-state index is -3.72. The van der Waals surface area contributed by atoms with Crippen LogP contribution >= 0.6 is 0 Å². The summed E-state index contributed by atoms with van der Waals surface area (Å²) in [5.74, 6) is -0.366. The van der Waals surface area contributed by atoms with E-state index in [1.165, 1.54) is 32.0 Å². The quantitative estimate of drug-likeness (QED) is 0.785. The lowest BCUT2D eigenvalue weighted by molar-refractivity contribution is -0.114. The zero-order chi connectivity index (χ0) is 17.7. The van der Waals surface area contributed by atoms with Gasteiger partial charge in [0, 0.05) is 24.7 Å². The van der Waals surface area contributed by atoms with Crippen molar-refractivity contribution in [3.8, 4) is 0 Å². The maximum absolute atomic E-state index is 12.3. The van der Waals surface area contributed by atoms with E-state index in [-0.39, 0.29) is 23.1 Å². The lowest BCUT2D eigenvalue weighted by Gasteiger charge is -2.09. The summed E-state index contributed by atoms with van der Waals surface area (Å²) in [7, 11) is -3.72. The minimum Gasteiger partial charge on any atom is -0.326 e. The van der Waals surface area contributed by atoms with Gasteiger partial charge < -0.3 is 5.32 Å². The van der Waals surface area contributed by atoms with Gasteiger partial charge in [-0.25, -0.2) is 13.1 Å². The largest absolute Gasteiger partial charge is 0.326 e. The Bertz CT molecular complexity index is 858. The first-order valence-electron chi connectivity index (χ1n) is 7.25. The molecule has 0 saturated heterocycles. The molecule has 0 atom stereocenters. The van der Waals surface area contributed by atoms with E-state index in [1.54, 1.807) is 30.3 Å². The second-order valence-corrected chi connectivity index (χ2v) is 7.05. The van der Waals surface area contributed by atoms with E-state index in [1.807, 2.05) is 0 Å². The van der Waals surface area contributed by atoms with Crippen LogP contribution in [0.2, 0.25) is 0 Å². The van der Waals surface area contributed by atoms with Crippen LogP contribution in [0.5, 0.6) is 0 Å². The van der Waals surface area contributed by atoms with E-state index in [4.69, 9.17) is 0 Å². The number of anilines is 1. The van der Waals surface area contributed by atoms with Gasteiger partial charge in [-0.15, -0.1) is 0 Å². The molecule has 0 bridgehead atoms. The van der Waals surface area contributed by atoms with Gasteiger partial charge in [0.25, 0.3) is 0 Å². The zero-order valence-electron chi connectivity index (χ0n) is 13.4. The highest BCUT2D eigenvalue weighted by Crippen LogP contribution is 2.14. The lowest BCUT2D eigenvalue weighted by atomic mass is 10.2. The Balaban J connectivity index is 2.08. The molecule has 6 nitrogen and oxygen atoms in total. The number of amides is 1. The van der Waals surface area contributed by atoms with E-state index < -0.39 is 10.0 Å². The normalized spacial score (nSPS) is 11.1. The van der Waals surface area contributed by atoms with E-state index >= 15 is 0 Å². The molecule has 24 heavy (non-hydrogen) atoms. The smallest absolute Gasteiger partial charge is 0.240 e. The van der Waals surface area contributed by atoms with Crippen molar-refractivity contribution in [2.24, 2.45) is 0 Å². The molecular formula is C17H18N2O4S. The molecule has 0 radical (unpaired) electrons. The van der Waals surface area contributed by atoms with Gasteiger partial charge in [0.15, 0.2) is 5.78 Å². The molecule has 2 aromatic carbocycles. The summed E-state index contributed by atoms with van der Waals surface area (Å²) < 4.78 is 27.1. The van der Waals surface area contributed by atoms with Crippen molar-refractivity contribution in [2.45, 2.75) is 25.3 Å². The fourth-order valence-electron chi connectivity index (χ4n) is 2.05. The summed E-state index contributed by atoms with van der Waals surface area (Å²) in [4.78, 5) is 22.4. The summed E-state index contributed by atoms with van der Waals surface area (Å²) >= 11 is 0. The number of sulfonamides is 1. The fraction of sp³-hybridized carbons (Fsp3) is 0.176. The molecule has 2 rings (SSSR count). The predicted molar refractivity (Wildman–Crippen MR) is 91.2 cm³/mol. The highest BCUT2D eigenvalue weighted by atomic mass is 32.2. The van der Waals surface area contributed by atoms with Gasteiger partial charge in [0.05, 0.1) is 4.90 Å². The predicted octanol–water partition coefficient (Wildman–Crippen LogP) is 2.33. The molecule has 2 N–H and O–H groups in total. The van der Waals surface area contributed by atoms with E-state index in [0.717, 1.165) is 5.56 Å². The van der Waals surface area contributed by atoms with E-state index in [0.29, 0.717) is 11.3 Å². The maximum Gasteiger partial charge on any atom is 0.240 e. The third-order valence-corrected chi connectivity index (χ3v) is 4.69. The van der Waals surface area contributed by atoms with Crippen LogP contribution in [0.25, 0.3) is 0 Å². The molecule has 126 valence electrons. The third-order valence-electron chi connectivity index (χ3n) is 3.29. The monoisotopic (exact) mass is 346 g/mol. The Hall–Kier alpha value is -2.51. The molecular weight excluding hydrogens is 328 g/mol. The van der Waals surface area contributed by atoms with E-state index in [2.05, 4.69) is 10.0 Å². The molecule has 0 spiro atoms. The first-order chi connectivity index (χ1) is 11.3. The van der Waals surface area contributed by atoms with Crippen molar-refractivity contribution in [2.75, 3.05) is 5.32 Å². The number of ketones is 1. The van der Waals surface area contributed by atoms with Crippen LogP contribution in [0.3, 0.4) is 0 Å². The summed E-state index contributed by atoms with van der Waals surface area (Å²) in [5, 5.41) is 2.64. The number of benzene rings is 2. The maximum atomic E-state index is 12.3. The zero-order valence-corrected chi connectivity index (χ0v) is 14.2. The number of nitrogens with one attached hydrogen (secondary N) is 2. The van der Waals surface area contributed by atoms with Crippen molar-refractivity contribution in [1.82, 2.24) is 4.72 Å². The Labute approximate surface area is 140 Å². The number of rotatable bonds is 6. The van der Waals surface area contributed by atoms with E-state index in [9.17, 15) is 18.0 Å². The van der Waals surface area contributed by atoms with Crippen LogP contribution in [0.1, 0.15) is 29.8 Å². The first kappa shape index (κ1) is 17.8. The number of Topliss-reactive ketones (excluding diaryl/α,β-unsaturated/α-hetero) is 1. The summed E-state index contributed by atoms with van der Waals surface area (Å²) in [5.41, 5.74) is 1.73. The SMILES string of the molecule is CC(=O)Nc1ccc(CNS(=O)(=O)c2cccc(C(C)=O)c2)cc1. The number of carbonyl (C=O) groups excluding carboxylic acids is 2. The highest BCUT2D eigenvalue weighted by molar-refractivity contribution is 7.89. The summed E-state index contributed by atoms with van der Waals surface area (Å²) in [6.45, 7) is 2.90.